The van der Waals surface area contributed by atoms with E-state index >= 15 is 0 Å². The van der Waals surface area contributed by atoms with Crippen molar-refractivity contribution in [1.29, 1.82) is 0 Å². The number of carboxylic acid groups (broad SMARTS) is 1. The van der Waals surface area contributed by atoms with Crippen molar-refractivity contribution in [3.8, 4) is 16.9 Å². The summed E-state index contributed by atoms with van der Waals surface area (Å²) in [4.78, 5) is 37.9. The van der Waals surface area contributed by atoms with E-state index in [0.29, 0.717) is 31.3 Å². The Morgan fingerprint density at radius 1 is 1.02 bits per heavy atom. The van der Waals surface area contributed by atoms with Crippen molar-refractivity contribution in [3.05, 3.63) is 82.9 Å². The van der Waals surface area contributed by atoms with Gasteiger partial charge in [0, 0.05) is 25.2 Å². The van der Waals surface area contributed by atoms with E-state index in [9.17, 15) is 14.4 Å². The lowest BCUT2D eigenvalue weighted by atomic mass is 9.91. The lowest BCUT2D eigenvalue weighted by Crippen LogP contribution is -2.36. The Labute approximate surface area is 240 Å². The Morgan fingerprint density at radius 3 is 2.66 bits per heavy atom. The van der Waals surface area contributed by atoms with Crippen LogP contribution in [0.5, 0.6) is 5.75 Å². The number of aryl methyl sites for hydroxylation is 1. The first-order valence-electron chi connectivity index (χ1n) is 14.2. The molecule has 8 heteroatoms. The highest BCUT2D eigenvalue weighted by Gasteiger charge is 2.47. The van der Waals surface area contributed by atoms with E-state index in [4.69, 9.17) is 14.6 Å². The van der Waals surface area contributed by atoms with Crippen LogP contribution in [0.1, 0.15) is 53.9 Å². The highest BCUT2D eigenvalue weighted by molar-refractivity contribution is 5.97. The predicted molar refractivity (Wildman–Crippen MR) is 156 cm³/mol. The Morgan fingerprint density at radius 2 is 1.83 bits per heavy atom. The first-order chi connectivity index (χ1) is 19.8. The number of benzene rings is 3. The van der Waals surface area contributed by atoms with Gasteiger partial charge in [-0.25, -0.2) is 4.79 Å². The third-order valence-corrected chi connectivity index (χ3v) is 7.95. The average molecular weight is 557 g/mol. The number of alkyl carbamates (subject to hydrolysis) is 1. The van der Waals surface area contributed by atoms with Crippen molar-refractivity contribution >= 4 is 23.7 Å². The van der Waals surface area contributed by atoms with Crippen molar-refractivity contribution < 1.29 is 29.0 Å². The molecule has 3 aromatic rings. The molecule has 0 aromatic heterocycles. The van der Waals surface area contributed by atoms with Crippen LogP contribution in [-0.2, 0) is 20.9 Å². The minimum Gasteiger partial charge on any atom is -0.493 e. The van der Waals surface area contributed by atoms with Crippen molar-refractivity contribution in [2.45, 2.75) is 52.1 Å². The normalized spacial score (nSPS) is 16.8. The molecule has 2 atom stereocenters. The maximum atomic E-state index is 13.4. The molecule has 1 saturated carbocycles. The summed E-state index contributed by atoms with van der Waals surface area (Å²) in [6, 6.07) is 20.0. The summed E-state index contributed by atoms with van der Waals surface area (Å²) in [5.41, 5.74) is 7.46. The summed E-state index contributed by atoms with van der Waals surface area (Å²) in [5, 5.41) is 11.2. The second-order valence-corrected chi connectivity index (χ2v) is 10.8. The molecule has 41 heavy (non-hydrogen) atoms. The number of nitrogens with zero attached hydrogens (tertiary/aromatic N) is 1. The van der Waals surface area contributed by atoms with E-state index in [1.807, 2.05) is 53.4 Å². The predicted octanol–water partition coefficient (Wildman–Crippen LogP) is 5.98. The van der Waals surface area contributed by atoms with E-state index in [2.05, 4.69) is 31.3 Å². The number of carboxylic acids is 1. The quantitative estimate of drug-likeness (QED) is 0.282. The smallest absolute Gasteiger partial charge is 0.407 e. The Kier molecular flexibility index (Phi) is 8.57. The van der Waals surface area contributed by atoms with Gasteiger partial charge in [0.15, 0.2) is 0 Å². The summed E-state index contributed by atoms with van der Waals surface area (Å²) < 4.78 is 11.2. The maximum absolute atomic E-state index is 13.4. The van der Waals surface area contributed by atoms with Crippen LogP contribution >= 0.6 is 0 Å². The fraction of sp³-hybridized carbons (Fsp3) is 0.364. The third kappa shape index (κ3) is 6.70. The SMILES string of the molecule is Cc1cccc(OCCCC(=O)N2CC3CC3c3c(-c4cccc(COC(=O)NCCC(=O)O)c4)cccc32)c1C. The number of fused-ring (bicyclic) bond motifs is 3. The van der Waals surface area contributed by atoms with Gasteiger partial charge in [-0.2, -0.15) is 0 Å². The Balaban J connectivity index is 1.24. The molecule has 8 nitrogen and oxygen atoms in total. The molecule has 0 spiro atoms. The molecule has 0 radical (unpaired) electrons. The first-order valence-corrected chi connectivity index (χ1v) is 14.2. The summed E-state index contributed by atoms with van der Waals surface area (Å²) in [6.45, 7) is 5.45. The van der Waals surface area contributed by atoms with Gasteiger partial charge in [0.2, 0.25) is 5.91 Å². The van der Waals surface area contributed by atoms with Crippen LogP contribution in [0, 0.1) is 19.8 Å². The summed E-state index contributed by atoms with van der Waals surface area (Å²) in [5.74, 6) is 0.925. The second-order valence-electron chi connectivity index (χ2n) is 10.8. The molecule has 0 saturated heterocycles. The van der Waals surface area contributed by atoms with E-state index in [-0.39, 0.29) is 25.5 Å². The maximum Gasteiger partial charge on any atom is 0.407 e. The second kappa shape index (κ2) is 12.5. The topological polar surface area (TPSA) is 105 Å². The molecule has 1 aliphatic carbocycles. The van der Waals surface area contributed by atoms with Crippen LogP contribution in [0.4, 0.5) is 10.5 Å². The Bertz CT molecular complexity index is 1450. The number of nitrogens with one attached hydrogen (secondary N) is 1. The number of carbonyl (C=O) groups is 3. The third-order valence-electron chi connectivity index (χ3n) is 7.95. The molecule has 1 heterocycles. The number of rotatable bonds is 11. The molecule has 2 N–H and O–H groups in total. The van der Waals surface area contributed by atoms with Crippen LogP contribution in [0.15, 0.2) is 60.7 Å². The molecule has 214 valence electrons. The molecule has 2 unspecified atom stereocenters. The zero-order chi connectivity index (χ0) is 28.9. The van der Waals surface area contributed by atoms with Crippen LogP contribution in [-0.4, -0.2) is 42.8 Å². The number of amides is 2. The monoisotopic (exact) mass is 556 g/mol. The lowest BCUT2D eigenvalue weighted by molar-refractivity contribution is -0.136. The zero-order valence-corrected chi connectivity index (χ0v) is 23.5. The van der Waals surface area contributed by atoms with E-state index < -0.39 is 12.1 Å². The Hall–Kier alpha value is -4.33. The summed E-state index contributed by atoms with van der Waals surface area (Å²) >= 11 is 0. The average Bonchev–Trinajstić information content (AvgIpc) is 3.75. The van der Waals surface area contributed by atoms with Gasteiger partial charge in [-0.05, 0) is 90.1 Å². The van der Waals surface area contributed by atoms with Gasteiger partial charge < -0.3 is 24.8 Å². The molecule has 3 aromatic carbocycles. The van der Waals surface area contributed by atoms with Gasteiger partial charge in [-0.1, -0.05) is 42.5 Å². The zero-order valence-electron chi connectivity index (χ0n) is 23.5. The van der Waals surface area contributed by atoms with Crippen LogP contribution in [0.2, 0.25) is 0 Å². The number of anilines is 1. The van der Waals surface area contributed by atoms with Gasteiger partial charge in [0.1, 0.15) is 12.4 Å². The minimum absolute atomic E-state index is 0.0154. The van der Waals surface area contributed by atoms with Crippen LogP contribution in [0.25, 0.3) is 11.1 Å². The van der Waals surface area contributed by atoms with Crippen LogP contribution in [0.3, 0.4) is 0 Å². The van der Waals surface area contributed by atoms with E-state index in [1.165, 1.54) is 11.1 Å². The number of hydrogen-bond acceptors (Lipinski definition) is 5. The van der Waals surface area contributed by atoms with Crippen molar-refractivity contribution in [1.82, 2.24) is 5.32 Å². The minimum atomic E-state index is -0.982. The van der Waals surface area contributed by atoms with E-state index in [0.717, 1.165) is 46.7 Å². The van der Waals surface area contributed by atoms with Crippen molar-refractivity contribution in [2.75, 3.05) is 24.6 Å². The number of aliphatic carboxylic acids is 1. The lowest BCUT2D eigenvalue weighted by Gasteiger charge is -2.31. The van der Waals surface area contributed by atoms with Gasteiger partial charge in [0.05, 0.1) is 13.0 Å². The summed E-state index contributed by atoms with van der Waals surface area (Å²) in [7, 11) is 0. The highest BCUT2D eigenvalue weighted by Crippen LogP contribution is 2.57. The van der Waals surface area contributed by atoms with Gasteiger partial charge in [-0.3, -0.25) is 9.59 Å². The molecule has 2 aliphatic rings. The van der Waals surface area contributed by atoms with Crippen molar-refractivity contribution in [3.63, 3.8) is 0 Å². The number of hydrogen-bond donors (Lipinski definition) is 2. The fourth-order valence-corrected chi connectivity index (χ4v) is 5.52. The fourth-order valence-electron chi connectivity index (χ4n) is 5.52. The summed E-state index contributed by atoms with van der Waals surface area (Å²) in [6.07, 6.45) is 1.34. The molecule has 0 bridgehead atoms. The number of carbonyl (C=O) groups excluding carboxylic acids is 2. The largest absolute Gasteiger partial charge is 0.493 e. The standard InChI is InChI=1S/C33H36N2O6/c1-21-7-3-12-29(22(21)2)40-16-6-13-30(36)35-19-25-18-27(25)32-26(10-5-11-28(32)35)24-9-4-8-23(17-24)20-41-33(39)34-15-14-31(37)38/h3-5,7-12,17,25,27H,6,13-16,18-20H2,1-2H3,(H,34,39)(H,37,38). The van der Waals surface area contributed by atoms with E-state index in [1.54, 1.807) is 0 Å². The number of ether oxygens (including phenoxy) is 2. The van der Waals surface area contributed by atoms with Crippen molar-refractivity contribution in [2.24, 2.45) is 5.92 Å². The molecule has 2 amide bonds. The molecule has 1 fully saturated rings. The molecule has 5 rings (SSSR count). The van der Waals surface area contributed by atoms with Gasteiger partial charge in [0.25, 0.3) is 0 Å². The highest BCUT2D eigenvalue weighted by atomic mass is 16.5. The van der Waals surface area contributed by atoms with Gasteiger partial charge in [-0.15, -0.1) is 0 Å². The molecular formula is C33H36N2O6. The molecular weight excluding hydrogens is 520 g/mol. The van der Waals surface area contributed by atoms with Crippen LogP contribution < -0.4 is 15.0 Å². The van der Waals surface area contributed by atoms with Gasteiger partial charge >= 0.3 is 12.1 Å². The molecule has 1 aliphatic heterocycles. The first kappa shape index (κ1) is 28.2.